The lowest BCUT2D eigenvalue weighted by Gasteiger charge is -2.39. The molecule has 11 nitrogen and oxygen atoms in total. The summed E-state index contributed by atoms with van der Waals surface area (Å²) in [6, 6.07) is 12.3. The van der Waals surface area contributed by atoms with E-state index in [2.05, 4.69) is 10.2 Å². The third kappa shape index (κ3) is 7.39. The molecule has 0 aliphatic carbocycles. The smallest absolute Gasteiger partial charge is 0.254 e. The summed E-state index contributed by atoms with van der Waals surface area (Å²) in [6.07, 6.45) is 0.979. The van der Waals surface area contributed by atoms with Gasteiger partial charge >= 0.3 is 0 Å². The van der Waals surface area contributed by atoms with Gasteiger partial charge in [0.15, 0.2) is 11.5 Å². The standard InChI is InChI=1S/C31H40N4O7/c1-3-10-35-19-29(36)32-25-9-11-33(20-30(37)34-12-14-40-15-13-34)18-28(25)41-21-22-5-4-6-24(16-22)42-27-17-23(31(35)38)7-8-26(27)39-2/h4-8,16-17,25,28H,3,9-15,18-21H2,1-2H3,(H,32,36)/t25-,28-/m0/s1. The first-order valence-corrected chi connectivity index (χ1v) is 14.7. The molecule has 2 atom stereocenters. The number of nitrogens with zero attached hydrogens (tertiary/aromatic N) is 3. The summed E-state index contributed by atoms with van der Waals surface area (Å²) in [4.78, 5) is 45.3. The average molecular weight is 581 g/mol. The van der Waals surface area contributed by atoms with E-state index < -0.39 is 0 Å². The molecule has 2 saturated heterocycles. The number of carbonyl (C=O) groups is 3. The zero-order valence-electron chi connectivity index (χ0n) is 24.4. The van der Waals surface area contributed by atoms with Gasteiger partial charge in [-0.25, -0.2) is 0 Å². The fourth-order valence-electron chi connectivity index (χ4n) is 5.61. The van der Waals surface area contributed by atoms with Crippen molar-refractivity contribution in [3.05, 3.63) is 53.6 Å². The van der Waals surface area contributed by atoms with Gasteiger partial charge in [-0.15, -0.1) is 0 Å². The molecule has 3 aliphatic heterocycles. The minimum atomic E-state index is -0.346. The van der Waals surface area contributed by atoms with Crippen LogP contribution in [0.1, 0.15) is 35.7 Å². The van der Waals surface area contributed by atoms with Crippen LogP contribution in [-0.2, 0) is 25.7 Å². The second kappa shape index (κ2) is 14.0. The van der Waals surface area contributed by atoms with Crippen LogP contribution in [0, 0.1) is 0 Å². The van der Waals surface area contributed by atoms with E-state index in [1.807, 2.05) is 36.1 Å². The molecule has 42 heavy (non-hydrogen) atoms. The summed E-state index contributed by atoms with van der Waals surface area (Å²) in [6.45, 7) is 6.39. The maximum atomic E-state index is 13.5. The highest BCUT2D eigenvalue weighted by Crippen LogP contribution is 2.33. The monoisotopic (exact) mass is 580 g/mol. The van der Waals surface area contributed by atoms with Gasteiger partial charge in [-0.2, -0.15) is 0 Å². The molecular formula is C31H40N4O7. The summed E-state index contributed by atoms with van der Waals surface area (Å²) < 4.78 is 23.5. The number of fused-ring (bicyclic) bond motifs is 5. The number of hydrogen-bond acceptors (Lipinski definition) is 8. The molecule has 3 heterocycles. The Balaban J connectivity index is 1.39. The largest absolute Gasteiger partial charge is 0.493 e. The molecule has 3 aliphatic rings. The minimum Gasteiger partial charge on any atom is -0.493 e. The maximum Gasteiger partial charge on any atom is 0.254 e. The number of benzene rings is 2. The molecule has 2 fully saturated rings. The van der Waals surface area contributed by atoms with Crippen LogP contribution >= 0.6 is 0 Å². The molecule has 0 aromatic heterocycles. The molecule has 2 aromatic rings. The van der Waals surface area contributed by atoms with Crippen molar-refractivity contribution >= 4 is 17.7 Å². The summed E-state index contributed by atoms with van der Waals surface area (Å²) >= 11 is 0. The summed E-state index contributed by atoms with van der Waals surface area (Å²) in [5.41, 5.74) is 1.31. The molecule has 3 amide bonds. The first kappa shape index (κ1) is 29.8. The van der Waals surface area contributed by atoms with Crippen molar-refractivity contribution in [1.82, 2.24) is 20.0 Å². The predicted molar refractivity (Wildman–Crippen MR) is 155 cm³/mol. The number of morpholine rings is 1. The zero-order valence-corrected chi connectivity index (χ0v) is 24.4. The quantitative estimate of drug-likeness (QED) is 0.574. The molecule has 226 valence electrons. The van der Waals surface area contributed by atoms with Crippen molar-refractivity contribution in [3.8, 4) is 17.2 Å². The predicted octanol–water partition coefficient (Wildman–Crippen LogP) is 2.29. The lowest BCUT2D eigenvalue weighted by molar-refractivity contribution is -0.138. The third-order valence-corrected chi connectivity index (χ3v) is 7.83. The Kier molecular flexibility index (Phi) is 9.93. The fourth-order valence-corrected chi connectivity index (χ4v) is 5.61. The van der Waals surface area contributed by atoms with Crippen molar-refractivity contribution in [2.75, 3.05) is 66.1 Å². The van der Waals surface area contributed by atoms with E-state index in [9.17, 15) is 14.4 Å². The van der Waals surface area contributed by atoms with Crippen LogP contribution in [-0.4, -0.2) is 111 Å². The number of rotatable bonds is 5. The minimum absolute atomic E-state index is 0.0730. The Bertz CT molecular complexity index is 1270. The Hall–Kier alpha value is -3.67. The van der Waals surface area contributed by atoms with E-state index in [0.717, 1.165) is 5.56 Å². The van der Waals surface area contributed by atoms with Crippen LogP contribution in [0.5, 0.6) is 17.2 Å². The lowest BCUT2D eigenvalue weighted by Crippen LogP contribution is -2.58. The second-order valence-corrected chi connectivity index (χ2v) is 10.9. The molecular weight excluding hydrogens is 540 g/mol. The number of nitrogens with one attached hydrogen (secondary N) is 1. The first-order valence-electron chi connectivity index (χ1n) is 14.7. The summed E-state index contributed by atoms with van der Waals surface area (Å²) in [5, 5.41) is 3.14. The van der Waals surface area contributed by atoms with Gasteiger partial charge in [-0.1, -0.05) is 19.1 Å². The van der Waals surface area contributed by atoms with Gasteiger partial charge < -0.3 is 34.1 Å². The van der Waals surface area contributed by atoms with Crippen molar-refractivity contribution in [3.63, 3.8) is 0 Å². The number of carbonyl (C=O) groups excluding carboxylic acids is 3. The number of methoxy groups -OCH3 is 1. The van der Waals surface area contributed by atoms with Crippen LogP contribution < -0.4 is 14.8 Å². The zero-order chi connectivity index (χ0) is 29.5. The highest BCUT2D eigenvalue weighted by Gasteiger charge is 2.33. The Morgan fingerprint density at radius 3 is 2.71 bits per heavy atom. The van der Waals surface area contributed by atoms with Crippen molar-refractivity contribution in [2.24, 2.45) is 0 Å². The number of hydrogen-bond donors (Lipinski definition) is 1. The molecule has 1 N–H and O–H groups in total. The third-order valence-electron chi connectivity index (χ3n) is 7.83. The molecule has 5 rings (SSSR count). The highest BCUT2D eigenvalue weighted by molar-refractivity contribution is 5.97. The van der Waals surface area contributed by atoms with Crippen molar-refractivity contribution in [1.29, 1.82) is 0 Å². The number of amides is 3. The normalized spacial score (nSPS) is 22.1. The van der Waals surface area contributed by atoms with Gasteiger partial charge in [0.2, 0.25) is 11.8 Å². The van der Waals surface area contributed by atoms with Crippen LogP contribution in [0.4, 0.5) is 0 Å². The fraction of sp³-hybridized carbons (Fsp3) is 0.516. The first-order chi connectivity index (χ1) is 20.4. The molecule has 0 spiro atoms. The lowest BCUT2D eigenvalue weighted by atomic mass is 10.0. The second-order valence-electron chi connectivity index (χ2n) is 10.9. The van der Waals surface area contributed by atoms with Crippen LogP contribution in [0.2, 0.25) is 0 Å². The van der Waals surface area contributed by atoms with E-state index >= 15 is 0 Å². The van der Waals surface area contributed by atoms with Crippen molar-refractivity contribution < 1.29 is 33.3 Å². The van der Waals surface area contributed by atoms with E-state index in [4.69, 9.17) is 18.9 Å². The van der Waals surface area contributed by atoms with Crippen LogP contribution in [0.15, 0.2) is 42.5 Å². The van der Waals surface area contributed by atoms with Gasteiger partial charge in [0.25, 0.3) is 5.91 Å². The van der Waals surface area contributed by atoms with Gasteiger partial charge in [0.05, 0.1) is 52.2 Å². The Morgan fingerprint density at radius 2 is 1.93 bits per heavy atom. The SMILES string of the molecule is CCCN1CC(=O)N[C@H]2CCN(CC(=O)N3CCOCC3)C[C@@H]2OCc2cccc(c2)Oc2cc(ccc2OC)C1=O. The van der Waals surface area contributed by atoms with Gasteiger partial charge in [0.1, 0.15) is 5.75 Å². The van der Waals surface area contributed by atoms with Crippen molar-refractivity contribution in [2.45, 2.75) is 38.5 Å². The van der Waals surface area contributed by atoms with Gasteiger partial charge in [-0.3, -0.25) is 19.3 Å². The highest BCUT2D eigenvalue weighted by atomic mass is 16.5. The van der Waals surface area contributed by atoms with Gasteiger partial charge in [-0.05, 0) is 48.7 Å². The summed E-state index contributed by atoms with van der Waals surface area (Å²) in [7, 11) is 1.55. The van der Waals surface area contributed by atoms with E-state index in [0.29, 0.717) is 94.7 Å². The van der Waals surface area contributed by atoms with E-state index in [-0.39, 0.29) is 36.4 Å². The molecule has 0 unspecified atom stereocenters. The Morgan fingerprint density at radius 1 is 1.10 bits per heavy atom. The molecule has 4 bridgehead atoms. The molecule has 2 aromatic carbocycles. The molecule has 0 saturated carbocycles. The topological polar surface area (TPSA) is 110 Å². The molecule has 11 heteroatoms. The number of piperidine rings is 1. The number of likely N-dealkylation sites (tertiary alicyclic amines) is 1. The maximum absolute atomic E-state index is 13.5. The van der Waals surface area contributed by atoms with Gasteiger partial charge in [0, 0.05) is 38.3 Å². The number of ether oxygens (including phenoxy) is 4. The van der Waals surface area contributed by atoms with Crippen LogP contribution in [0.3, 0.4) is 0 Å². The Labute approximate surface area is 246 Å². The van der Waals surface area contributed by atoms with Crippen LogP contribution in [0.25, 0.3) is 0 Å². The molecule has 0 radical (unpaired) electrons. The van der Waals surface area contributed by atoms with E-state index in [1.54, 1.807) is 30.2 Å². The van der Waals surface area contributed by atoms with E-state index in [1.165, 1.54) is 0 Å². The average Bonchev–Trinajstić information content (AvgIpc) is 3.00. The summed E-state index contributed by atoms with van der Waals surface area (Å²) in [5.74, 6) is 1.05.